The quantitative estimate of drug-likeness (QED) is 0.841. The Hall–Kier alpha value is -2.64. The van der Waals surface area contributed by atoms with E-state index in [1.54, 1.807) is 4.90 Å². The predicted octanol–water partition coefficient (Wildman–Crippen LogP) is 1.99. The maximum Gasteiger partial charge on any atom is 0.255 e. The van der Waals surface area contributed by atoms with Gasteiger partial charge in [-0.15, -0.1) is 0 Å². The highest BCUT2D eigenvalue weighted by Crippen LogP contribution is 2.34. The molecule has 4 rings (SSSR count). The van der Waals surface area contributed by atoms with E-state index in [2.05, 4.69) is 5.32 Å². The van der Waals surface area contributed by atoms with Gasteiger partial charge in [0.1, 0.15) is 11.4 Å². The zero-order chi connectivity index (χ0) is 19.6. The number of furan rings is 1. The van der Waals surface area contributed by atoms with Crippen LogP contribution >= 0.6 is 0 Å². The van der Waals surface area contributed by atoms with E-state index in [-0.39, 0.29) is 23.8 Å². The fourth-order valence-corrected chi connectivity index (χ4v) is 3.92. The Morgan fingerprint density at radius 1 is 1.18 bits per heavy atom. The maximum atomic E-state index is 12.7. The summed E-state index contributed by atoms with van der Waals surface area (Å²) in [6, 6.07) is 9.37. The van der Waals surface area contributed by atoms with Gasteiger partial charge in [-0.25, -0.2) is 0 Å². The fourth-order valence-electron chi connectivity index (χ4n) is 3.92. The molecule has 1 aromatic carbocycles. The summed E-state index contributed by atoms with van der Waals surface area (Å²) >= 11 is 0. The second-order valence-corrected chi connectivity index (χ2v) is 7.27. The van der Waals surface area contributed by atoms with Crippen LogP contribution in [0.15, 0.2) is 41.0 Å². The van der Waals surface area contributed by atoms with Gasteiger partial charge in [0, 0.05) is 38.3 Å². The summed E-state index contributed by atoms with van der Waals surface area (Å²) in [4.78, 5) is 27.1. The Morgan fingerprint density at radius 3 is 2.79 bits per heavy atom. The van der Waals surface area contributed by atoms with E-state index in [4.69, 9.17) is 9.15 Å². The normalized spacial score (nSPS) is 18.4. The zero-order valence-corrected chi connectivity index (χ0v) is 15.6. The van der Waals surface area contributed by atoms with Crippen molar-refractivity contribution in [1.29, 1.82) is 0 Å². The van der Waals surface area contributed by atoms with Crippen LogP contribution in [0, 0.1) is 0 Å². The standard InChI is InChI=1S/C21H24N2O5/c24-18(23-10-3-5-15-4-1-2-6-17(15)23)14-22-20(25)16-7-11-28-19(16)21(26)8-12-27-13-9-21/h1-2,4,6-7,11,26H,3,5,8-10,12-14H2,(H,22,25). The second kappa shape index (κ2) is 7.77. The first-order chi connectivity index (χ1) is 13.6. The number of nitrogens with one attached hydrogen (secondary N) is 1. The predicted molar refractivity (Wildman–Crippen MR) is 102 cm³/mol. The Bertz CT molecular complexity index is 869. The van der Waals surface area contributed by atoms with E-state index < -0.39 is 11.5 Å². The van der Waals surface area contributed by atoms with E-state index in [0.29, 0.717) is 32.6 Å². The van der Waals surface area contributed by atoms with E-state index in [9.17, 15) is 14.7 Å². The van der Waals surface area contributed by atoms with Crippen molar-refractivity contribution in [2.75, 3.05) is 31.2 Å². The molecule has 0 atom stereocenters. The number of hydrogen-bond acceptors (Lipinski definition) is 5. The molecule has 0 unspecified atom stereocenters. The van der Waals surface area contributed by atoms with Gasteiger partial charge in [-0.1, -0.05) is 18.2 Å². The fraction of sp³-hybridized carbons (Fsp3) is 0.429. The number of ether oxygens (including phenoxy) is 1. The maximum absolute atomic E-state index is 12.7. The van der Waals surface area contributed by atoms with Crippen LogP contribution in [-0.2, 0) is 21.6 Å². The SMILES string of the molecule is O=C(NCC(=O)N1CCCc2ccccc21)c1ccoc1C1(O)CCOCC1. The van der Waals surface area contributed by atoms with Crippen molar-refractivity contribution >= 4 is 17.5 Å². The van der Waals surface area contributed by atoms with E-state index in [0.717, 1.165) is 24.1 Å². The second-order valence-electron chi connectivity index (χ2n) is 7.27. The van der Waals surface area contributed by atoms with Gasteiger partial charge in [-0.05, 0) is 30.5 Å². The zero-order valence-electron chi connectivity index (χ0n) is 15.6. The number of amides is 2. The van der Waals surface area contributed by atoms with Crippen LogP contribution in [0.4, 0.5) is 5.69 Å². The molecule has 0 saturated carbocycles. The molecule has 2 aromatic rings. The number of aryl methyl sites for hydroxylation is 1. The van der Waals surface area contributed by atoms with Crippen molar-refractivity contribution < 1.29 is 23.8 Å². The lowest BCUT2D eigenvalue weighted by Gasteiger charge is -2.31. The molecule has 0 spiro atoms. The number of anilines is 1. The Morgan fingerprint density at radius 2 is 1.96 bits per heavy atom. The molecule has 0 aliphatic carbocycles. The first-order valence-corrected chi connectivity index (χ1v) is 9.63. The van der Waals surface area contributed by atoms with Crippen molar-refractivity contribution in [1.82, 2.24) is 5.32 Å². The lowest BCUT2D eigenvalue weighted by molar-refractivity contribution is -0.117. The minimum absolute atomic E-state index is 0.112. The van der Waals surface area contributed by atoms with Crippen molar-refractivity contribution in [2.45, 2.75) is 31.3 Å². The minimum Gasteiger partial charge on any atom is -0.465 e. The number of fused-ring (bicyclic) bond motifs is 1. The first-order valence-electron chi connectivity index (χ1n) is 9.63. The number of nitrogens with zero attached hydrogens (tertiary/aromatic N) is 1. The summed E-state index contributed by atoms with van der Waals surface area (Å²) in [6.45, 7) is 1.35. The third kappa shape index (κ3) is 3.55. The van der Waals surface area contributed by atoms with Gasteiger partial charge in [0.15, 0.2) is 0 Å². The van der Waals surface area contributed by atoms with Crippen LogP contribution in [0.2, 0.25) is 0 Å². The highest BCUT2D eigenvalue weighted by Gasteiger charge is 2.38. The molecular weight excluding hydrogens is 360 g/mol. The molecule has 1 saturated heterocycles. The molecule has 0 bridgehead atoms. The van der Waals surface area contributed by atoms with Gasteiger partial charge in [0.2, 0.25) is 5.91 Å². The molecule has 2 aliphatic heterocycles. The van der Waals surface area contributed by atoms with Crippen molar-refractivity contribution in [2.24, 2.45) is 0 Å². The smallest absolute Gasteiger partial charge is 0.255 e. The van der Waals surface area contributed by atoms with Crippen molar-refractivity contribution in [3.8, 4) is 0 Å². The number of carbonyl (C=O) groups is 2. The van der Waals surface area contributed by atoms with Gasteiger partial charge in [-0.2, -0.15) is 0 Å². The Kier molecular flexibility index (Phi) is 5.19. The molecule has 148 valence electrons. The summed E-state index contributed by atoms with van der Waals surface area (Å²) in [6.07, 6.45) is 3.97. The van der Waals surface area contributed by atoms with E-state index >= 15 is 0 Å². The molecule has 2 aliphatic rings. The molecule has 2 N–H and O–H groups in total. The highest BCUT2D eigenvalue weighted by molar-refractivity contribution is 6.01. The number of benzene rings is 1. The third-order valence-electron chi connectivity index (χ3n) is 5.46. The van der Waals surface area contributed by atoms with E-state index in [1.807, 2.05) is 24.3 Å². The molecule has 28 heavy (non-hydrogen) atoms. The summed E-state index contributed by atoms with van der Waals surface area (Å²) in [5.41, 5.74) is 1.10. The van der Waals surface area contributed by atoms with Gasteiger partial charge >= 0.3 is 0 Å². The number of carbonyl (C=O) groups excluding carboxylic acids is 2. The van der Waals surface area contributed by atoms with Crippen LogP contribution in [-0.4, -0.2) is 43.2 Å². The van der Waals surface area contributed by atoms with Gasteiger partial charge in [0.25, 0.3) is 5.91 Å². The number of para-hydroxylation sites is 1. The van der Waals surface area contributed by atoms with Crippen LogP contribution < -0.4 is 10.2 Å². The van der Waals surface area contributed by atoms with Crippen molar-refractivity contribution in [3.63, 3.8) is 0 Å². The average molecular weight is 384 g/mol. The lowest BCUT2D eigenvalue weighted by atomic mass is 9.89. The summed E-state index contributed by atoms with van der Waals surface area (Å²) in [5.74, 6) is -0.346. The topological polar surface area (TPSA) is 92.0 Å². The molecule has 7 heteroatoms. The molecule has 7 nitrogen and oxygen atoms in total. The molecule has 3 heterocycles. The lowest BCUT2D eigenvalue weighted by Crippen LogP contribution is -2.43. The van der Waals surface area contributed by atoms with Gasteiger partial charge < -0.3 is 24.5 Å². The van der Waals surface area contributed by atoms with Crippen LogP contribution in [0.1, 0.15) is 40.9 Å². The molecule has 2 amide bonds. The van der Waals surface area contributed by atoms with Crippen LogP contribution in [0.3, 0.4) is 0 Å². The van der Waals surface area contributed by atoms with Crippen LogP contribution in [0.25, 0.3) is 0 Å². The van der Waals surface area contributed by atoms with Gasteiger partial charge in [0.05, 0.1) is 18.4 Å². The first kappa shape index (κ1) is 18.7. The average Bonchev–Trinajstić information content (AvgIpc) is 3.23. The Balaban J connectivity index is 1.43. The largest absolute Gasteiger partial charge is 0.465 e. The monoisotopic (exact) mass is 384 g/mol. The van der Waals surface area contributed by atoms with E-state index in [1.165, 1.54) is 12.3 Å². The minimum atomic E-state index is -1.22. The Labute approximate surface area is 163 Å². The molecule has 0 radical (unpaired) electrons. The van der Waals surface area contributed by atoms with Crippen molar-refractivity contribution in [3.05, 3.63) is 53.5 Å². The van der Waals surface area contributed by atoms with Gasteiger partial charge in [-0.3, -0.25) is 9.59 Å². The molecule has 1 fully saturated rings. The summed E-state index contributed by atoms with van der Waals surface area (Å²) in [5, 5.41) is 13.5. The number of aliphatic hydroxyl groups is 1. The highest BCUT2D eigenvalue weighted by atomic mass is 16.5. The summed E-state index contributed by atoms with van der Waals surface area (Å²) in [7, 11) is 0. The van der Waals surface area contributed by atoms with Crippen LogP contribution in [0.5, 0.6) is 0 Å². The number of rotatable bonds is 4. The molecular formula is C21H24N2O5. The third-order valence-corrected chi connectivity index (χ3v) is 5.46. The molecule has 1 aromatic heterocycles. The summed E-state index contributed by atoms with van der Waals surface area (Å²) < 4.78 is 10.7. The number of hydrogen-bond donors (Lipinski definition) is 2.